The SMILES string of the molecule is CNCc1cc(Br)c(OCCn2ccnc2)c(OC)c1. The van der Waals surface area contributed by atoms with Gasteiger partial charge in [0.2, 0.25) is 0 Å². The number of hydrogen-bond acceptors (Lipinski definition) is 4. The van der Waals surface area contributed by atoms with Crippen LogP contribution in [-0.2, 0) is 13.1 Å². The maximum atomic E-state index is 5.82. The van der Waals surface area contributed by atoms with Crippen LogP contribution in [0.3, 0.4) is 0 Å². The number of hydrogen-bond donors (Lipinski definition) is 1. The quantitative estimate of drug-likeness (QED) is 0.841. The van der Waals surface area contributed by atoms with Crippen molar-refractivity contribution in [3.63, 3.8) is 0 Å². The molecule has 0 saturated heterocycles. The van der Waals surface area contributed by atoms with Crippen LogP contribution in [0.5, 0.6) is 11.5 Å². The number of nitrogens with zero attached hydrogens (tertiary/aromatic N) is 2. The van der Waals surface area contributed by atoms with Crippen molar-refractivity contribution in [1.82, 2.24) is 14.9 Å². The lowest BCUT2D eigenvalue weighted by Crippen LogP contribution is -2.09. The molecule has 2 aromatic rings. The summed E-state index contributed by atoms with van der Waals surface area (Å²) in [5.74, 6) is 1.46. The zero-order valence-electron chi connectivity index (χ0n) is 11.6. The van der Waals surface area contributed by atoms with Crippen molar-refractivity contribution in [3.05, 3.63) is 40.9 Å². The van der Waals surface area contributed by atoms with Gasteiger partial charge in [-0.25, -0.2) is 4.98 Å². The molecule has 1 heterocycles. The minimum Gasteiger partial charge on any atom is -0.493 e. The Hall–Kier alpha value is -1.53. The fraction of sp³-hybridized carbons (Fsp3) is 0.357. The summed E-state index contributed by atoms with van der Waals surface area (Å²) in [4.78, 5) is 4.00. The molecule has 1 aromatic carbocycles. The highest BCUT2D eigenvalue weighted by molar-refractivity contribution is 9.10. The van der Waals surface area contributed by atoms with Crippen molar-refractivity contribution in [3.8, 4) is 11.5 Å². The number of imidazole rings is 1. The van der Waals surface area contributed by atoms with Crippen LogP contribution in [0.2, 0.25) is 0 Å². The molecule has 0 unspecified atom stereocenters. The fourth-order valence-electron chi connectivity index (χ4n) is 1.89. The molecule has 0 fully saturated rings. The molecule has 20 heavy (non-hydrogen) atoms. The Morgan fingerprint density at radius 2 is 2.25 bits per heavy atom. The smallest absolute Gasteiger partial charge is 0.175 e. The lowest BCUT2D eigenvalue weighted by Gasteiger charge is -2.14. The van der Waals surface area contributed by atoms with Crippen LogP contribution in [0.25, 0.3) is 0 Å². The van der Waals surface area contributed by atoms with Crippen molar-refractivity contribution in [1.29, 1.82) is 0 Å². The first-order valence-corrected chi connectivity index (χ1v) is 7.13. The van der Waals surface area contributed by atoms with E-state index < -0.39 is 0 Å². The minimum atomic E-state index is 0.552. The monoisotopic (exact) mass is 339 g/mol. The molecule has 6 heteroatoms. The van der Waals surface area contributed by atoms with E-state index >= 15 is 0 Å². The highest BCUT2D eigenvalue weighted by Crippen LogP contribution is 2.36. The van der Waals surface area contributed by atoms with E-state index in [0.29, 0.717) is 6.61 Å². The van der Waals surface area contributed by atoms with Crippen molar-refractivity contribution >= 4 is 15.9 Å². The summed E-state index contributed by atoms with van der Waals surface area (Å²) in [7, 11) is 3.56. The van der Waals surface area contributed by atoms with E-state index in [0.717, 1.165) is 34.6 Å². The number of methoxy groups -OCH3 is 1. The molecule has 1 N–H and O–H groups in total. The molecule has 108 valence electrons. The second-order valence-corrected chi connectivity index (χ2v) is 5.14. The van der Waals surface area contributed by atoms with E-state index in [4.69, 9.17) is 9.47 Å². The van der Waals surface area contributed by atoms with E-state index in [1.165, 1.54) is 0 Å². The van der Waals surface area contributed by atoms with Crippen LogP contribution in [0.4, 0.5) is 0 Å². The minimum absolute atomic E-state index is 0.552. The number of nitrogens with one attached hydrogen (secondary N) is 1. The molecule has 0 bridgehead atoms. The number of benzene rings is 1. The Morgan fingerprint density at radius 1 is 1.40 bits per heavy atom. The summed E-state index contributed by atoms with van der Waals surface area (Å²) in [6, 6.07) is 4.01. The van der Waals surface area contributed by atoms with E-state index in [2.05, 4.69) is 26.2 Å². The topological polar surface area (TPSA) is 48.3 Å². The highest BCUT2D eigenvalue weighted by atomic mass is 79.9. The van der Waals surface area contributed by atoms with Gasteiger partial charge in [-0.15, -0.1) is 0 Å². The van der Waals surface area contributed by atoms with Crippen LogP contribution in [0.15, 0.2) is 35.3 Å². The number of ether oxygens (including phenoxy) is 2. The number of aromatic nitrogens is 2. The van der Waals surface area contributed by atoms with E-state index in [9.17, 15) is 0 Å². The van der Waals surface area contributed by atoms with Gasteiger partial charge < -0.3 is 19.4 Å². The fourth-order valence-corrected chi connectivity index (χ4v) is 2.50. The molecule has 2 rings (SSSR count). The molecule has 0 radical (unpaired) electrons. The van der Waals surface area contributed by atoms with Gasteiger partial charge in [-0.1, -0.05) is 0 Å². The Labute approximate surface area is 127 Å². The van der Waals surface area contributed by atoms with Crippen molar-refractivity contribution in [2.24, 2.45) is 0 Å². The van der Waals surface area contributed by atoms with E-state index in [-0.39, 0.29) is 0 Å². The van der Waals surface area contributed by atoms with Gasteiger partial charge in [0.05, 0.1) is 24.5 Å². The Kier molecular flexibility index (Phi) is 5.43. The van der Waals surface area contributed by atoms with E-state index in [1.54, 1.807) is 19.6 Å². The molecular weight excluding hydrogens is 322 g/mol. The van der Waals surface area contributed by atoms with Crippen LogP contribution in [0.1, 0.15) is 5.56 Å². The van der Waals surface area contributed by atoms with Gasteiger partial charge in [0.1, 0.15) is 6.61 Å². The summed E-state index contributed by atoms with van der Waals surface area (Å²) in [6.45, 7) is 2.08. The van der Waals surface area contributed by atoms with Crippen LogP contribution in [0, 0.1) is 0 Å². The second-order valence-electron chi connectivity index (χ2n) is 4.29. The largest absolute Gasteiger partial charge is 0.493 e. The summed E-state index contributed by atoms with van der Waals surface area (Å²) < 4.78 is 14.1. The predicted molar refractivity (Wildman–Crippen MR) is 81.2 cm³/mol. The zero-order chi connectivity index (χ0) is 14.4. The van der Waals surface area contributed by atoms with Crippen LogP contribution in [-0.4, -0.2) is 30.3 Å². The molecule has 0 atom stereocenters. The van der Waals surface area contributed by atoms with Gasteiger partial charge in [0.25, 0.3) is 0 Å². The van der Waals surface area contributed by atoms with Gasteiger partial charge in [-0.05, 0) is 40.7 Å². The third-order valence-electron chi connectivity index (χ3n) is 2.83. The first-order valence-electron chi connectivity index (χ1n) is 6.34. The first-order chi connectivity index (χ1) is 9.74. The summed E-state index contributed by atoms with van der Waals surface area (Å²) in [6.07, 6.45) is 5.43. The summed E-state index contributed by atoms with van der Waals surface area (Å²) in [5.41, 5.74) is 1.14. The van der Waals surface area contributed by atoms with E-state index in [1.807, 2.05) is 29.9 Å². The molecule has 0 aliphatic heterocycles. The maximum absolute atomic E-state index is 5.82. The highest BCUT2D eigenvalue weighted by Gasteiger charge is 2.11. The van der Waals surface area contributed by atoms with Crippen LogP contribution < -0.4 is 14.8 Å². The average molecular weight is 340 g/mol. The Bertz CT molecular complexity index is 544. The third-order valence-corrected chi connectivity index (χ3v) is 3.41. The number of rotatable bonds is 7. The standard InChI is InChI=1S/C14H18BrN3O2/c1-16-9-11-7-12(15)14(13(8-11)19-2)20-6-5-18-4-3-17-10-18/h3-4,7-8,10,16H,5-6,9H2,1-2H3. The van der Waals surface area contributed by atoms with Crippen molar-refractivity contribution < 1.29 is 9.47 Å². The molecule has 5 nitrogen and oxygen atoms in total. The van der Waals surface area contributed by atoms with Gasteiger partial charge in [-0.2, -0.15) is 0 Å². The summed E-state index contributed by atoms with van der Waals surface area (Å²) >= 11 is 3.54. The third kappa shape index (κ3) is 3.74. The zero-order valence-corrected chi connectivity index (χ0v) is 13.2. The number of halogens is 1. The Morgan fingerprint density at radius 3 is 2.90 bits per heavy atom. The second kappa shape index (κ2) is 7.31. The molecule has 0 aliphatic rings. The van der Waals surface area contributed by atoms with Crippen LogP contribution >= 0.6 is 15.9 Å². The lowest BCUT2D eigenvalue weighted by molar-refractivity contribution is 0.277. The van der Waals surface area contributed by atoms with Crippen molar-refractivity contribution in [2.75, 3.05) is 20.8 Å². The predicted octanol–water partition coefficient (Wildman–Crippen LogP) is 2.45. The van der Waals surface area contributed by atoms with Gasteiger partial charge >= 0.3 is 0 Å². The average Bonchev–Trinajstić information content (AvgIpc) is 2.94. The molecule has 0 saturated carbocycles. The maximum Gasteiger partial charge on any atom is 0.175 e. The van der Waals surface area contributed by atoms with Gasteiger partial charge in [0.15, 0.2) is 11.5 Å². The van der Waals surface area contributed by atoms with Gasteiger partial charge in [0, 0.05) is 18.9 Å². The molecular formula is C14H18BrN3O2. The van der Waals surface area contributed by atoms with Crippen molar-refractivity contribution in [2.45, 2.75) is 13.1 Å². The molecule has 0 spiro atoms. The summed E-state index contributed by atoms with van der Waals surface area (Å²) in [5, 5.41) is 3.12. The first kappa shape index (κ1) is 14.9. The lowest BCUT2D eigenvalue weighted by atomic mass is 10.2. The Balaban J connectivity index is 2.06. The van der Waals surface area contributed by atoms with Gasteiger partial charge in [-0.3, -0.25) is 0 Å². The molecule has 0 aliphatic carbocycles. The molecule has 0 amide bonds. The molecule has 1 aromatic heterocycles. The normalized spacial score (nSPS) is 10.6.